The first kappa shape index (κ1) is 27.4. The van der Waals surface area contributed by atoms with Gasteiger partial charge in [0.15, 0.2) is 0 Å². The lowest BCUT2D eigenvalue weighted by atomic mass is 9.76. The van der Waals surface area contributed by atoms with Crippen LogP contribution in [0.5, 0.6) is 5.75 Å². The minimum atomic E-state index is -0.467. The van der Waals surface area contributed by atoms with E-state index in [1.54, 1.807) is 19.7 Å². The van der Waals surface area contributed by atoms with E-state index in [1.807, 2.05) is 40.8 Å². The zero-order valence-electron chi connectivity index (χ0n) is 23.1. The number of nitrogens with two attached hydrogens (primary N) is 1. The molecule has 2 N–H and O–H groups in total. The van der Waals surface area contributed by atoms with Crippen LogP contribution in [0.1, 0.15) is 65.6 Å². The Hall–Kier alpha value is -3.16. The van der Waals surface area contributed by atoms with E-state index >= 15 is 0 Å². The summed E-state index contributed by atoms with van der Waals surface area (Å²) in [5.41, 5.74) is 3.14. The van der Waals surface area contributed by atoms with Gasteiger partial charge in [-0.25, -0.2) is 4.98 Å². The van der Waals surface area contributed by atoms with Gasteiger partial charge in [-0.2, -0.15) is 5.10 Å². The molecule has 1 amide bonds. The Morgan fingerprint density at radius 2 is 1.97 bits per heavy atom. The standard InChI is InChI=1S/C28H42N6O2/c1-19-16-34(18-31-19)24-10-9-20(13-25(24)36-8)23(32-29)15-30-22-14-21(28(5,6)7)11-12-33(26(22)35)17-27(2,3)4/h9-10,13,15-16,18,21-22H,11-12,14,17,29H2,1-8H3/b30-15?,32-23+. The summed E-state index contributed by atoms with van der Waals surface area (Å²) in [5, 5.41) is 3.99. The molecule has 3 rings (SSSR count). The van der Waals surface area contributed by atoms with Crippen molar-refractivity contribution < 1.29 is 9.53 Å². The van der Waals surface area contributed by atoms with E-state index in [2.05, 4.69) is 51.6 Å². The normalized spacial score (nSPS) is 20.2. The lowest BCUT2D eigenvalue weighted by Crippen LogP contribution is -2.42. The van der Waals surface area contributed by atoms with Gasteiger partial charge in [-0.3, -0.25) is 9.79 Å². The van der Waals surface area contributed by atoms with Gasteiger partial charge >= 0.3 is 0 Å². The number of rotatable bonds is 6. The summed E-state index contributed by atoms with van der Waals surface area (Å²) >= 11 is 0. The Morgan fingerprint density at radius 3 is 2.53 bits per heavy atom. The Kier molecular flexibility index (Phi) is 8.26. The van der Waals surface area contributed by atoms with Crippen LogP contribution in [0, 0.1) is 23.7 Å². The van der Waals surface area contributed by atoms with Crippen LogP contribution in [0.4, 0.5) is 0 Å². The fourth-order valence-electron chi connectivity index (χ4n) is 4.71. The molecule has 196 valence electrons. The molecular weight excluding hydrogens is 452 g/mol. The average molecular weight is 495 g/mol. The number of hydrazone groups is 1. The van der Waals surface area contributed by atoms with Gasteiger partial charge in [0, 0.05) is 24.8 Å². The number of benzene rings is 1. The van der Waals surface area contributed by atoms with Crippen LogP contribution in [-0.4, -0.2) is 58.5 Å². The van der Waals surface area contributed by atoms with Gasteiger partial charge in [-0.05, 0) is 48.6 Å². The minimum Gasteiger partial charge on any atom is -0.495 e. The molecule has 0 bridgehead atoms. The summed E-state index contributed by atoms with van der Waals surface area (Å²) in [7, 11) is 1.63. The predicted molar refractivity (Wildman–Crippen MR) is 146 cm³/mol. The van der Waals surface area contributed by atoms with E-state index in [0.717, 1.165) is 29.9 Å². The average Bonchev–Trinajstić information content (AvgIpc) is 3.16. The molecule has 1 saturated heterocycles. The highest BCUT2D eigenvalue weighted by atomic mass is 16.5. The number of aliphatic imine (C=N–C) groups is 1. The van der Waals surface area contributed by atoms with Gasteiger partial charge in [-0.1, -0.05) is 47.6 Å². The number of aromatic nitrogens is 2. The molecule has 0 aliphatic carbocycles. The molecular formula is C28H42N6O2. The van der Waals surface area contributed by atoms with E-state index < -0.39 is 6.04 Å². The molecule has 2 unspecified atom stereocenters. The van der Waals surface area contributed by atoms with E-state index in [1.165, 1.54) is 0 Å². The molecule has 2 heterocycles. The molecule has 1 aromatic carbocycles. The zero-order chi connectivity index (χ0) is 26.7. The topological polar surface area (TPSA) is 98.1 Å². The van der Waals surface area contributed by atoms with Crippen molar-refractivity contribution in [3.8, 4) is 11.4 Å². The fraction of sp³-hybridized carbons (Fsp3) is 0.571. The van der Waals surface area contributed by atoms with Gasteiger partial charge in [0.1, 0.15) is 17.5 Å². The minimum absolute atomic E-state index is 0.0153. The number of aryl methyl sites for hydroxylation is 1. The lowest BCUT2D eigenvalue weighted by molar-refractivity contribution is -0.133. The SMILES string of the molecule is COc1cc(/C(C=NC2CC(C(C)(C)C)CCN(CC(C)(C)C)C2=O)=N/N)ccc1-n1cnc(C)c1. The summed E-state index contributed by atoms with van der Waals surface area (Å²) in [6.45, 7) is 16.6. The number of methoxy groups -OCH3 is 1. The summed E-state index contributed by atoms with van der Waals surface area (Å²) in [6, 6.07) is 5.27. The first-order valence-electron chi connectivity index (χ1n) is 12.6. The number of amides is 1. The first-order valence-corrected chi connectivity index (χ1v) is 12.6. The number of carbonyl (C=O) groups is 1. The van der Waals surface area contributed by atoms with Gasteiger partial charge in [0.05, 0.1) is 31.0 Å². The smallest absolute Gasteiger partial charge is 0.247 e. The van der Waals surface area contributed by atoms with Crippen LogP contribution in [0.2, 0.25) is 0 Å². The third-order valence-corrected chi connectivity index (χ3v) is 6.72. The quantitative estimate of drug-likeness (QED) is 0.360. The Bertz CT molecular complexity index is 1120. The number of ether oxygens (including phenoxy) is 1. The highest BCUT2D eigenvalue weighted by molar-refractivity contribution is 6.38. The fourth-order valence-corrected chi connectivity index (χ4v) is 4.71. The molecule has 1 aliphatic heterocycles. The maximum Gasteiger partial charge on any atom is 0.247 e. The van der Waals surface area contributed by atoms with Crippen molar-refractivity contribution in [2.24, 2.45) is 32.7 Å². The molecule has 8 nitrogen and oxygen atoms in total. The third-order valence-electron chi connectivity index (χ3n) is 6.72. The van der Waals surface area contributed by atoms with Crippen molar-refractivity contribution in [3.05, 3.63) is 42.0 Å². The van der Waals surface area contributed by atoms with Crippen LogP contribution in [0.25, 0.3) is 5.69 Å². The number of likely N-dealkylation sites (tertiary alicyclic amines) is 1. The van der Waals surface area contributed by atoms with Gasteiger partial charge in [-0.15, -0.1) is 0 Å². The number of hydrogen-bond donors (Lipinski definition) is 1. The molecule has 0 spiro atoms. The van der Waals surface area contributed by atoms with Crippen LogP contribution in [-0.2, 0) is 4.79 Å². The molecule has 2 atom stereocenters. The second kappa shape index (κ2) is 10.8. The number of hydrogen-bond acceptors (Lipinski definition) is 6. The lowest BCUT2D eigenvalue weighted by Gasteiger charge is -2.31. The van der Waals surface area contributed by atoms with Crippen LogP contribution >= 0.6 is 0 Å². The summed E-state index contributed by atoms with van der Waals surface area (Å²) in [5.74, 6) is 6.90. The van der Waals surface area contributed by atoms with Crippen LogP contribution in [0.3, 0.4) is 0 Å². The van der Waals surface area contributed by atoms with Crippen molar-refractivity contribution in [2.45, 2.75) is 67.3 Å². The molecule has 1 fully saturated rings. The van der Waals surface area contributed by atoms with Gasteiger partial charge < -0.3 is 20.0 Å². The summed E-state index contributed by atoms with van der Waals surface area (Å²) < 4.78 is 7.54. The second-order valence-electron chi connectivity index (χ2n) is 12.0. The van der Waals surface area contributed by atoms with E-state index in [4.69, 9.17) is 15.6 Å². The number of imidazole rings is 1. The van der Waals surface area contributed by atoms with Gasteiger partial charge in [0.25, 0.3) is 0 Å². The first-order chi connectivity index (χ1) is 16.8. The Labute approximate surface area is 215 Å². The monoisotopic (exact) mass is 494 g/mol. The van der Waals surface area contributed by atoms with Crippen molar-refractivity contribution in [2.75, 3.05) is 20.2 Å². The van der Waals surface area contributed by atoms with E-state index in [-0.39, 0.29) is 16.7 Å². The predicted octanol–water partition coefficient (Wildman–Crippen LogP) is 4.62. The maximum absolute atomic E-state index is 13.5. The molecule has 36 heavy (non-hydrogen) atoms. The largest absolute Gasteiger partial charge is 0.495 e. The molecule has 2 aromatic rings. The molecule has 1 aromatic heterocycles. The molecule has 0 radical (unpaired) electrons. The highest BCUT2D eigenvalue weighted by Crippen LogP contribution is 2.36. The maximum atomic E-state index is 13.5. The van der Waals surface area contributed by atoms with Crippen molar-refractivity contribution in [1.82, 2.24) is 14.5 Å². The summed E-state index contributed by atoms with van der Waals surface area (Å²) in [4.78, 5) is 24.6. The molecule has 0 saturated carbocycles. The Balaban J connectivity index is 1.90. The Morgan fingerprint density at radius 1 is 1.25 bits per heavy atom. The zero-order valence-corrected chi connectivity index (χ0v) is 23.1. The second-order valence-corrected chi connectivity index (χ2v) is 12.0. The number of carbonyl (C=O) groups excluding carboxylic acids is 1. The third kappa shape index (κ3) is 6.74. The van der Waals surface area contributed by atoms with Crippen molar-refractivity contribution in [1.29, 1.82) is 0 Å². The van der Waals surface area contributed by atoms with Crippen molar-refractivity contribution in [3.63, 3.8) is 0 Å². The van der Waals surface area contributed by atoms with Crippen LogP contribution in [0.15, 0.2) is 40.8 Å². The highest BCUT2D eigenvalue weighted by Gasteiger charge is 2.37. The number of nitrogens with zero attached hydrogens (tertiary/aromatic N) is 5. The van der Waals surface area contributed by atoms with Crippen molar-refractivity contribution >= 4 is 17.8 Å². The van der Waals surface area contributed by atoms with Crippen LogP contribution < -0.4 is 10.6 Å². The van der Waals surface area contributed by atoms with E-state index in [9.17, 15) is 4.79 Å². The van der Waals surface area contributed by atoms with Gasteiger partial charge in [0.2, 0.25) is 5.91 Å². The summed E-state index contributed by atoms with van der Waals surface area (Å²) in [6.07, 6.45) is 7.00. The van der Waals surface area contributed by atoms with E-state index in [0.29, 0.717) is 30.3 Å². The molecule has 8 heteroatoms. The molecule has 1 aliphatic rings.